The van der Waals surface area contributed by atoms with Crippen LogP contribution >= 0.6 is 39.5 Å². The number of benzene rings is 1. The molecule has 0 amide bonds. The molecule has 0 nitrogen and oxygen atoms in total. The van der Waals surface area contributed by atoms with Crippen molar-refractivity contribution in [3.05, 3.63) is 28.7 Å². The summed E-state index contributed by atoms with van der Waals surface area (Å²) in [5, 5.41) is 0. The molecule has 0 heterocycles. The van der Waals surface area contributed by atoms with E-state index in [9.17, 15) is 0 Å². The van der Waals surface area contributed by atoms with E-state index in [4.69, 9.17) is 0 Å². The van der Waals surface area contributed by atoms with Crippen molar-refractivity contribution in [2.45, 2.75) is 101 Å². The van der Waals surface area contributed by atoms with Crippen molar-refractivity contribution >= 4 is 45.5 Å². The lowest BCUT2D eigenvalue weighted by Gasteiger charge is -2.11. The third kappa shape index (κ3) is 11.7. The minimum atomic E-state index is 1.21. The maximum atomic E-state index is 4.04. The summed E-state index contributed by atoms with van der Waals surface area (Å²) in [6.45, 7) is 8.60. The van der Waals surface area contributed by atoms with Crippen LogP contribution in [0.1, 0.15) is 96.5 Å². The van der Waals surface area contributed by atoms with Gasteiger partial charge in [0.15, 0.2) is 0 Å². The van der Waals surface area contributed by atoms with Crippen LogP contribution in [0.25, 0.3) is 6.08 Å². The molecular weight excluding hydrogens is 432 g/mol. The molecule has 0 aliphatic carbocycles. The van der Waals surface area contributed by atoms with Gasteiger partial charge in [-0.05, 0) is 58.0 Å². The van der Waals surface area contributed by atoms with Gasteiger partial charge >= 0.3 is 0 Å². The fourth-order valence-electron chi connectivity index (χ4n) is 3.08. The molecule has 0 bridgehead atoms. The van der Waals surface area contributed by atoms with Crippen molar-refractivity contribution in [2.24, 2.45) is 0 Å². The van der Waals surface area contributed by atoms with E-state index >= 15 is 0 Å². The van der Waals surface area contributed by atoms with Gasteiger partial charge in [-0.25, -0.2) is 0 Å². The maximum absolute atomic E-state index is 4.04. The molecule has 0 aliphatic heterocycles. The first-order valence-electron chi connectivity index (χ1n) is 10.9. The second-order valence-corrected chi connectivity index (χ2v) is 10.4. The Labute approximate surface area is 185 Å². The fourth-order valence-corrected chi connectivity index (χ4v) is 5.97. The first-order chi connectivity index (χ1) is 13.2. The van der Waals surface area contributed by atoms with Gasteiger partial charge in [-0.2, -0.15) is 0 Å². The molecule has 0 unspecified atom stereocenters. The molecule has 0 saturated carbocycles. The summed E-state index contributed by atoms with van der Waals surface area (Å²) in [4.78, 5) is 2.73. The summed E-state index contributed by atoms with van der Waals surface area (Å²) < 4.78 is 1.24. The van der Waals surface area contributed by atoms with Gasteiger partial charge in [0.1, 0.15) is 0 Å². The SMILES string of the molecule is C=Cc1cc(SCCCCCCCC)c(Br)cc1SCCCCCCCC. The highest BCUT2D eigenvalue weighted by Gasteiger charge is 2.08. The zero-order chi connectivity index (χ0) is 19.7. The molecule has 1 aromatic rings. The van der Waals surface area contributed by atoms with E-state index in [1.165, 1.54) is 108 Å². The molecule has 0 aliphatic rings. The smallest absolute Gasteiger partial charge is 0.0322 e. The van der Waals surface area contributed by atoms with Crippen LogP contribution in [0.2, 0.25) is 0 Å². The van der Waals surface area contributed by atoms with E-state index in [1.807, 2.05) is 29.6 Å². The maximum Gasteiger partial charge on any atom is 0.0322 e. The molecular formula is C24H39BrS2. The standard InChI is InChI=1S/C24H39BrS2/c1-4-7-9-11-13-15-17-26-23-20-22(25)24(19-21(23)6-3)27-18-16-14-12-10-8-5-2/h6,19-20H,3-5,7-18H2,1-2H3. The zero-order valence-corrected chi connectivity index (χ0v) is 20.8. The van der Waals surface area contributed by atoms with E-state index < -0.39 is 0 Å². The van der Waals surface area contributed by atoms with Gasteiger partial charge in [-0.3, -0.25) is 0 Å². The average molecular weight is 472 g/mol. The van der Waals surface area contributed by atoms with Gasteiger partial charge in [0.25, 0.3) is 0 Å². The lowest BCUT2D eigenvalue weighted by atomic mass is 10.1. The Morgan fingerprint density at radius 2 is 1.22 bits per heavy atom. The highest BCUT2D eigenvalue weighted by Crippen LogP contribution is 2.36. The van der Waals surface area contributed by atoms with E-state index in [0.29, 0.717) is 0 Å². The molecule has 0 atom stereocenters. The van der Waals surface area contributed by atoms with Crippen LogP contribution in [0.15, 0.2) is 33.0 Å². The van der Waals surface area contributed by atoms with Gasteiger partial charge < -0.3 is 0 Å². The Balaban J connectivity index is 2.37. The third-order valence-corrected chi connectivity index (χ3v) is 8.01. The Hall–Kier alpha value is 0.140. The van der Waals surface area contributed by atoms with Gasteiger partial charge in [-0.15, -0.1) is 23.5 Å². The minimum absolute atomic E-state index is 1.21. The van der Waals surface area contributed by atoms with Crippen molar-refractivity contribution in [3.63, 3.8) is 0 Å². The number of halogens is 1. The van der Waals surface area contributed by atoms with Gasteiger partial charge in [-0.1, -0.05) is 90.7 Å². The third-order valence-electron chi connectivity index (χ3n) is 4.80. The second kappa shape index (κ2) is 17.0. The Morgan fingerprint density at radius 1 is 0.741 bits per heavy atom. The van der Waals surface area contributed by atoms with Crippen LogP contribution in [0.5, 0.6) is 0 Å². The van der Waals surface area contributed by atoms with Crippen molar-refractivity contribution in [1.29, 1.82) is 0 Å². The first-order valence-corrected chi connectivity index (χ1v) is 13.7. The number of rotatable bonds is 17. The molecule has 0 spiro atoms. The van der Waals surface area contributed by atoms with Crippen LogP contribution in [0, 0.1) is 0 Å². The van der Waals surface area contributed by atoms with E-state index in [0.717, 1.165) is 0 Å². The van der Waals surface area contributed by atoms with Crippen molar-refractivity contribution in [3.8, 4) is 0 Å². The Bertz CT molecular complexity index is 513. The minimum Gasteiger partial charge on any atom is -0.125 e. The molecule has 154 valence electrons. The predicted octanol–water partition coefficient (Wildman–Crippen LogP) is 10.00. The first kappa shape index (κ1) is 25.2. The van der Waals surface area contributed by atoms with Crippen molar-refractivity contribution in [1.82, 2.24) is 0 Å². The van der Waals surface area contributed by atoms with Crippen molar-refractivity contribution < 1.29 is 0 Å². The Kier molecular flexibility index (Phi) is 15.9. The van der Waals surface area contributed by atoms with Crippen molar-refractivity contribution in [2.75, 3.05) is 11.5 Å². The zero-order valence-electron chi connectivity index (χ0n) is 17.5. The monoisotopic (exact) mass is 470 g/mol. The summed E-state index contributed by atoms with van der Waals surface area (Å²) in [6.07, 6.45) is 18.4. The molecule has 0 aromatic heterocycles. The van der Waals surface area contributed by atoms with Crippen LogP contribution in [-0.4, -0.2) is 11.5 Å². The van der Waals surface area contributed by atoms with Crippen LogP contribution in [-0.2, 0) is 0 Å². The lowest BCUT2D eigenvalue weighted by Crippen LogP contribution is -1.89. The molecule has 1 rings (SSSR count). The van der Waals surface area contributed by atoms with E-state index in [-0.39, 0.29) is 0 Å². The molecule has 3 heteroatoms. The molecule has 0 radical (unpaired) electrons. The lowest BCUT2D eigenvalue weighted by molar-refractivity contribution is 0.627. The number of unbranched alkanes of at least 4 members (excludes halogenated alkanes) is 10. The highest BCUT2D eigenvalue weighted by molar-refractivity contribution is 9.10. The fraction of sp³-hybridized carbons (Fsp3) is 0.667. The molecule has 0 N–H and O–H groups in total. The van der Waals surface area contributed by atoms with Gasteiger partial charge in [0.2, 0.25) is 0 Å². The quantitative estimate of drug-likeness (QED) is 0.164. The number of hydrogen-bond acceptors (Lipinski definition) is 2. The van der Waals surface area contributed by atoms with Crippen LogP contribution < -0.4 is 0 Å². The van der Waals surface area contributed by atoms with Crippen LogP contribution in [0.4, 0.5) is 0 Å². The molecule has 1 aromatic carbocycles. The van der Waals surface area contributed by atoms with E-state index in [1.54, 1.807) is 0 Å². The van der Waals surface area contributed by atoms with Crippen LogP contribution in [0.3, 0.4) is 0 Å². The van der Waals surface area contributed by atoms with Gasteiger partial charge in [0, 0.05) is 14.3 Å². The normalized spacial score (nSPS) is 11.1. The summed E-state index contributed by atoms with van der Waals surface area (Å²) in [5.74, 6) is 2.43. The highest BCUT2D eigenvalue weighted by atomic mass is 79.9. The largest absolute Gasteiger partial charge is 0.125 e. The summed E-state index contributed by atoms with van der Waals surface area (Å²) in [6, 6.07) is 4.63. The molecule has 0 saturated heterocycles. The van der Waals surface area contributed by atoms with E-state index in [2.05, 4.69) is 48.5 Å². The number of hydrogen-bond donors (Lipinski definition) is 0. The molecule has 0 fully saturated rings. The summed E-state index contributed by atoms with van der Waals surface area (Å²) in [5.41, 5.74) is 1.29. The van der Waals surface area contributed by atoms with Gasteiger partial charge in [0.05, 0.1) is 0 Å². The topological polar surface area (TPSA) is 0 Å². The average Bonchev–Trinajstić information content (AvgIpc) is 2.67. The summed E-state index contributed by atoms with van der Waals surface area (Å²) in [7, 11) is 0. The number of thioether (sulfide) groups is 2. The summed E-state index contributed by atoms with van der Waals surface area (Å²) >= 11 is 7.77. The second-order valence-electron chi connectivity index (χ2n) is 7.26. The molecule has 27 heavy (non-hydrogen) atoms. The predicted molar refractivity (Wildman–Crippen MR) is 132 cm³/mol. The Morgan fingerprint density at radius 3 is 1.74 bits per heavy atom.